The molecule has 0 bridgehead atoms. The molecule has 19 heteroatoms. The molecule has 0 rings (SSSR count). The third kappa shape index (κ3) is 64.8. The molecule has 0 aliphatic carbocycles. The van der Waals surface area contributed by atoms with E-state index in [1.165, 1.54) is 186 Å². The normalized spacial score (nSPS) is 14.1. The third-order valence-corrected chi connectivity index (χ3v) is 18.4. The maximum Gasteiger partial charge on any atom is 0.472 e. The van der Waals surface area contributed by atoms with Crippen molar-refractivity contribution in [3.63, 3.8) is 0 Å². The quantitative estimate of drug-likeness (QED) is 0.0222. The van der Waals surface area contributed by atoms with Crippen LogP contribution in [0.3, 0.4) is 0 Å². The molecule has 0 saturated carbocycles. The van der Waals surface area contributed by atoms with Gasteiger partial charge >= 0.3 is 39.5 Å². The lowest BCUT2D eigenvalue weighted by Gasteiger charge is -2.21. The second-order valence-electron chi connectivity index (χ2n) is 26.1. The first-order chi connectivity index (χ1) is 43.5. The van der Waals surface area contributed by atoms with E-state index in [2.05, 4.69) is 34.6 Å². The van der Waals surface area contributed by atoms with Crippen molar-refractivity contribution in [2.45, 2.75) is 387 Å². The van der Waals surface area contributed by atoms with Crippen molar-refractivity contribution in [1.82, 2.24) is 0 Å². The minimum absolute atomic E-state index is 0.106. The summed E-state index contributed by atoms with van der Waals surface area (Å²) in [6.07, 6.45) is 51.3. The Bertz CT molecular complexity index is 1740. The van der Waals surface area contributed by atoms with Gasteiger partial charge in [0, 0.05) is 25.7 Å². The zero-order valence-corrected chi connectivity index (χ0v) is 60.1. The van der Waals surface area contributed by atoms with Gasteiger partial charge in [-0.1, -0.05) is 317 Å². The molecule has 0 aromatic heterocycles. The zero-order chi connectivity index (χ0) is 66.3. The second-order valence-corrected chi connectivity index (χ2v) is 29.0. The Morgan fingerprint density at radius 2 is 0.511 bits per heavy atom. The Kier molecular flexibility index (Phi) is 63.0. The lowest BCUT2D eigenvalue weighted by atomic mass is 10.0. The van der Waals surface area contributed by atoms with Crippen molar-refractivity contribution in [3.05, 3.63) is 0 Å². The van der Waals surface area contributed by atoms with Crippen LogP contribution in [0.2, 0.25) is 0 Å². The lowest BCUT2D eigenvalue weighted by molar-refractivity contribution is -0.161. The van der Waals surface area contributed by atoms with Crippen LogP contribution in [0.25, 0.3) is 0 Å². The Labute approximate surface area is 549 Å². The number of aliphatic hydroxyl groups excluding tert-OH is 1. The summed E-state index contributed by atoms with van der Waals surface area (Å²) < 4.78 is 68.3. The summed E-state index contributed by atoms with van der Waals surface area (Å²) in [6.45, 7) is 7.20. The molecule has 0 radical (unpaired) electrons. The fraction of sp³-hybridized carbons (Fsp3) is 0.944. The van der Waals surface area contributed by atoms with Gasteiger partial charge in [0.1, 0.15) is 19.3 Å². The van der Waals surface area contributed by atoms with Crippen LogP contribution in [0.4, 0.5) is 0 Å². The number of hydrogen-bond acceptors (Lipinski definition) is 15. The summed E-state index contributed by atoms with van der Waals surface area (Å²) in [6, 6.07) is 0. The zero-order valence-electron chi connectivity index (χ0n) is 58.3. The highest BCUT2D eigenvalue weighted by Gasteiger charge is 2.30. The molecular weight excluding hydrogens is 1190 g/mol. The molecule has 0 aliphatic rings. The number of unbranched alkanes of at least 4 members (excludes halogenated alkanes) is 43. The van der Waals surface area contributed by atoms with Gasteiger partial charge in [-0.15, -0.1) is 0 Å². The van der Waals surface area contributed by atoms with Gasteiger partial charge in [0.25, 0.3) is 0 Å². The maximum atomic E-state index is 13.0. The fourth-order valence-corrected chi connectivity index (χ4v) is 12.4. The van der Waals surface area contributed by atoms with Gasteiger partial charge in [0.15, 0.2) is 12.2 Å². The van der Waals surface area contributed by atoms with Crippen LogP contribution in [0, 0.1) is 5.92 Å². The number of phosphoric ester groups is 2. The number of carbonyl (C=O) groups excluding carboxylic acids is 4. The van der Waals surface area contributed by atoms with Gasteiger partial charge in [0.05, 0.1) is 26.4 Å². The van der Waals surface area contributed by atoms with Crippen LogP contribution in [0.5, 0.6) is 0 Å². The van der Waals surface area contributed by atoms with Crippen molar-refractivity contribution < 1.29 is 80.2 Å². The summed E-state index contributed by atoms with van der Waals surface area (Å²) in [5.41, 5.74) is 0. The summed E-state index contributed by atoms with van der Waals surface area (Å²) in [5, 5.41) is 10.6. The highest BCUT2D eigenvalue weighted by atomic mass is 31.2. The average molecular weight is 1330 g/mol. The van der Waals surface area contributed by atoms with Gasteiger partial charge in [-0.25, -0.2) is 9.13 Å². The molecule has 5 atom stereocenters. The van der Waals surface area contributed by atoms with E-state index < -0.39 is 97.5 Å². The van der Waals surface area contributed by atoms with Crippen LogP contribution < -0.4 is 0 Å². The number of rotatable bonds is 71. The molecule has 0 saturated heterocycles. The minimum atomic E-state index is -4.95. The Balaban J connectivity index is 5.24. The van der Waals surface area contributed by atoms with E-state index in [0.717, 1.165) is 96.3 Å². The number of phosphoric acid groups is 2. The first-order valence-electron chi connectivity index (χ1n) is 37.1. The van der Waals surface area contributed by atoms with Crippen molar-refractivity contribution in [1.29, 1.82) is 0 Å². The molecule has 534 valence electrons. The molecule has 0 aliphatic heterocycles. The first kappa shape index (κ1) is 88.1. The van der Waals surface area contributed by atoms with Gasteiger partial charge in [-0.2, -0.15) is 0 Å². The standard InChI is InChI=1S/C71H138O17P2/c1-6-9-12-15-18-21-24-26-28-30-33-36-41-47-52-57-71(76)87-66(60-81-68(73)54-49-44-39-34-32-29-27-25-22-19-16-13-10-7-2)62-85-89(77,78)83-58-65(72)59-84-90(79,80)86-63-67(61-82-69(74)55-50-45-42-37-38-43-48-53-64(4)5)88-70(75)56-51-46-40-35-31-23-20-17-14-11-8-3/h64-67,72H,6-63H2,1-5H3,(H,77,78)(H,79,80)/t65-,66-,67-/m1/s1. The van der Waals surface area contributed by atoms with Crippen molar-refractivity contribution in [3.8, 4) is 0 Å². The molecule has 3 N–H and O–H groups in total. The fourth-order valence-electron chi connectivity index (χ4n) is 10.8. The first-order valence-corrected chi connectivity index (χ1v) is 40.1. The number of hydrogen-bond donors (Lipinski definition) is 3. The summed E-state index contributed by atoms with van der Waals surface area (Å²) in [4.78, 5) is 72.6. The van der Waals surface area contributed by atoms with Gasteiger partial charge in [-0.3, -0.25) is 37.3 Å². The lowest BCUT2D eigenvalue weighted by Crippen LogP contribution is -2.30. The van der Waals surface area contributed by atoms with Crippen LogP contribution in [-0.4, -0.2) is 96.7 Å². The molecule has 2 unspecified atom stereocenters. The summed E-state index contributed by atoms with van der Waals surface area (Å²) >= 11 is 0. The summed E-state index contributed by atoms with van der Waals surface area (Å²) in [7, 11) is -9.90. The number of carbonyl (C=O) groups is 4. The molecule has 0 aromatic carbocycles. The predicted octanol–water partition coefficient (Wildman–Crippen LogP) is 20.5. The molecule has 0 amide bonds. The van der Waals surface area contributed by atoms with Crippen molar-refractivity contribution in [2.24, 2.45) is 5.92 Å². The molecule has 0 spiro atoms. The Morgan fingerprint density at radius 3 is 0.756 bits per heavy atom. The molecule has 0 heterocycles. The smallest absolute Gasteiger partial charge is 0.462 e. The van der Waals surface area contributed by atoms with Crippen molar-refractivity contribution >= 4 is 39.5 Å². The Hall–Kier alpha value is -1.94. The second kappa shape index (κ2) is 64.4. The van der Waals surface area contributed by atoms with Crippen molar-refractivity contribution in [2.75, 3.05) is 39.6 Å². The van der Waals surface area contributed by atoms with E-state index in [9.17, 15) is 43.2 Å². The van der Waals surface area contributed by atoms with Gasteiger partial charge < -0.3 is 33.8 Å². The Morgan fingerprint density at radius 1 is 0.300 bits per heavy atom. The maximum absolute atomic E-state index is 13.0. The molecule has 0 aromatic rings. The van der Waals surface area contributed by atoms with E-state index in [1.807, 2.05) is 0 Å². The highest BCUT2D eigenvalue weighted by Crippen LogP contribution is 2.45. The SMILES string of the molecule is CCCCCCCCCCCCCCCCCC(=O)O[C@H](COC(=O)CCCCCCCCCCCCCCCC)COP(=O)(O)OC[C@@H](O)COP(=O)(O)OC[C@@H](COC(=O)CCCCCCCCCC(C)C)OC(=O)CCCCCCCCCCCCC. The van der Waals surface area contributed by atoms with Crippen LogP contribution in [0.1, 0.15) is 369 Å². The molecule has 90 heavy (non-hydrogen) atoms. The van der Waals surface area contributed by atoms with Gasteiger partial charge in [-0.05, 0) is 31.6 Å². The van der Waals surface area contributed by atoms with Gasteiger partial charge in [0.2, 0.25) is 0 Å². The van der Waals surface area contributed by atoms with E-state index in [1.54, 1.807) is 0 Å². The van der Waals surface area contributed by atoms with Crippen LogP contribution in [0.15, 0.2) is 0 Å². The number of ether oxygens (including phenoxy) is 4. The average Bonchev–Trinajstić information content (AvgIpc) is 3.72. The van der Waals surface area contributed by atoms with Crippen LogP contribution >= 0.6 is 15.6 Å². The minimum Gasteiger partial charge on any atom is -0.462 e. The van der Waals surface area contributed by atoms with Crippen LogP contribution in [-0.2, 0) is 65.4 Å². The summed E-state index contributed by atoms with van der Waals surface area (Å²) in [5.74, 6) is -1.41. The molecular formula is C71H138O17P2. The number of esters is 4. The molecule has 17 nitrogen and oxygen atoms in total. The number of aliphatic hydroxyl groups is 1. The monoisotopic (exact) mass is 1320 g/mol. The topological polar surface area (TPSA) is 237 Å². The molecule has 0 fully saturated rings. The predicted molar refractivity (Wildman–Crippen MR) is 363 cm³/mol. The highest BCUT2D eigenvalue weighted by molar-refractivity contribution is 7.47. The third-order valence-electron chi connectivity index (χ3n) is 16.5. The van der Waals surface area contributed by atoms with E-state index in [4.69, 9.17) is 37.0 Å². The van der Waals surface area contributed by atoms with E-state index in [-0.39, 0.29) is 25.7 Å². The largest absolute Gasteiger partial charge is 0.472 e. The van der Waals surface area contributed by atoms with E-state index in [0.29, 0.717) is 31.6 Å². The van der Waals surface area contributed by atoms with E-state index >= 15 is 0 Å².